The smallest absolute Gasteiger partial charge is 0.335 e. The lowest BCUT2D eigenvalue weighted by molar-refractivity contribution is -0.122. The van der Waals surface area contributed by atoms with Gasteiger partial charge in [0.25, 0.3) is 11.8 Å². The molecule has 4 rings (SSSR count). The molecule has 1 aliphatic rings. The van der Waals surface area contributed by atoms with Gasteiger partial charge in [-0.05, 0) is 55.0 Å². The molecule has 6 nitrogen and oxygen atoms in total. The monoisotopic (exact) mass is 484 g/mol. The molecule has 0 radical (unpaired) electrons. The number of amides is 4. The number of nitrogens with one attached hydrogen (secondary N) is 1. The number of carbonyl (C=O) groups excluding carboxylic acids is 3. The summed E-state index contributed by atoms with van der Waals surface area (Å²) in [7, 11) is 0. The Kier molecular flexibility index (Phi) is 5.32. The number of anilines is 1. The van der Waals surface area contributed by atoms with E-state index in [1.165, 1.54) is 12.1 Å². The van der Waals surface area contributed by atoms with E-state index < -0.39 is 17.8 Å². The van der Waals surface area contributed by atoms with Crippen LogP contribution in [0.4, 0.5) is 10.5 Å². The Bertz CT molecular complexity index is 1210. The number of barbiturate groups is 1. The number of hydrogen-bond acceptors (Lipinski definition) is 4. The zero-order valence-corrected chi connectivity index (χ0v) is 18.0. The molecule has 30 heavy (non-hydrogen) atoms. The van der Waals surface area contributed by atoms with Gasteiger partial charge in [0, 0.05) is 15.1 Å². The fourth-order valence-corrected chi connectivity index (χ4v) is 3.39. The van der Waals surface area contributed by atoms with Crippen molar-refractivity contribution in [2.45, 2.75) is 6.92 Å². The van der Waals surface area contributed by atoms with Crippen LogP contribution in [0.15, 0.2) is 69.1 Å². The first kappa shape index (κ1) is 20.1. The van der Waals surface area contributed by atoms with Crippen LogP contribution in [0.25, 0.3) is 17.4 Å². The number of halogens is 2. The number of rotatable bonds is 3. The van der Waals surface area contributed by atoms with Crippen LogP contribution in [0, 0.1) is 6.92 Å². The summed E-state index contributed by atoms with van der Waals surface area (Å²) < 4.78 is 6.70. The Labute approximate surface area is 185 Å². The molecule has 150 valence electrons. The van der Waals surface area contributed by atoms with E-state index in [1.807, 2.05) is 24.3 Å². The SMILES string of the molecule is Cc1ccc(N2C(=O)NC(=O)/C(=C/c3ccc(-c4ccc(Br)cc4)o3)C2=O)cc1Cl. The molecule has 1 aliphatic heterocycles. The van der Waals surface area contributed by atoms with Crippen molar-refractivity contribution in [3.63, 3.8) is 0 Å². The molecule has 0 atom stereocenters. The van der Waals surface area contributed by atoms with Crippen LogP contribution in [0.1, 0.15) is 11.3 Å². The molecule has 8 heteroatoms. The first-order valence-corrected chi connectivity index (χ1v) is 10.0. The lowest BCUT2D eigenvalue weighted by Gasteiger charge is -2.26. The maximum absolute atomic E-state index is 12.9. The number of nitrogens with zero attached hydrogens (tertiary/aromatic N) is 1. The number of carbonyl (C=O) groups is 3. The second-order valence-electron chi connectivity index (χ2n) is 6.60. The topological polar surface area (TPSA) is 79.6 Å². The molecule has 2 heterocycles. The van der Waals surface area contributed by atoms with Gasteiger partial charge in [-0.3, -0.25) is 14.9 Å². The standard InChI is InChI=1S/C22H14BrClN2O4/c1-12-2-7-15(10-18(12)24)26-21(28)17(20(27)25-22(26)29)11-16-8-9-19(30-16)13-3-5-14(23)6-4-13/h2-11H,1H3,(H,25,27,29)/b17-11-. The minimum Gasteiger partial charge on any atom is -0.457 e. The average molecular weight is 486 g/mol. The summed E-state index contributed by atoms with van der Waals surface area (Å²) in [5.41, 5.74) is 1.69. The summed E-state index contributed by atoms with van der Waals surface area (Å²) in [6.45, 7) is 1.80. The zero-order valence-electron chi connectivity index (χ0n) is 15.6. The van der Waals surface area contributed by atoms with Crippen LogP contribution in [-0.4, -0.2) is 17.8 Å². The highest BCUT2D eigenvalue weighted by molar-refractivity contribution is 9.10. The van der Waals surface area contributed by atoms with E-state index in [2.05, 4.69) is 21.2 Å². The number of aryl methyl sites for hydroxylation is 1. The van der Waals surface area contributed by atoms with Crippen molar-refractivity contribution in [1.82, 2.24) is 5.32 Å². The molecule has 0 aliphatic carbocycles. The normalized spacial score (nSPS) is 15.6. The Morgan fingerprint density at radius 1 is 1.03 bits per heavy atom. The maximum Gasteiger partial charge on any atom is 0.335 e. The number of urea groups is 1. The number of benzene rings is 2. The fraction of sp³-hybridized carbons (Fsp3) is 0.0455. The summed E-state index contributed by atoms with van der Waals surface area (Å²) in [5.74, 6) is -0.662. The van der Waals surface area contributed by atoms with Gasteiger partial charge in [-0.25, -0.2) is 9.69 Å². The highest BCUT2D eigenvalue weighted by atomic mass is 79.9. The van der Waals surface area contributed by atoms with E-state index in [0.717, 1.165) is 20.5 Å². The van der Waals surface area contributed by atoms with Crippen molar-refractivity contribution in [2.75, 3.05) is 4.90 Å². The molecule has 1 fully saturated rings. The van der Waals surface area contributed by atoms with Crippen molar-refractivity contribution in [3.8, 4) is 11.3 Å². The van der Waals surface area contributed by atoms with E-state index in [4.69, 9.17) is 16.0 Å². The van der Waals surface area contributed by atoms with Crippen molar-refractivity contribution in [3.05, 3.63) is 81.0 Å². The predicted molar refractivity (Wildman–Crippen MR) is 117 cm³/mol. The van der Waals surface area contributed by atoms with Gasteiger partial charge in [0.2, 0.25) is 0 Å². The Morgan fingerprint density at radius 3 is 2.47 bits per heavy atom. The number of imide groups is 2. The highest BCUT2D eigenvalue weighted by Gasteiger charge is 2.37. The van der Waals surface area contributed by atoms with Crippen molar-refractivity contribution in [2.24, 2.45) is 0 Å². The van der Waals surface area contributed by atoms with Crippen LogP contribution in [0.2, 0.25) is 5.02 Å². The Hall–Kier alpha value is -3.16. The highest BCUT2D eigenvalue weighted by Crippen LogP contribution is 2.28. The van der Waals surface area contributed by atoms with Crippen LogP contribution < -0.4 is 10.2 Å². The first-order valence-electron chi connectivity index (χ1n) is 8.87. The molecule has 1 saturated heterocycles. The molecule has 0 saturated carbocycles. The van der Waals surface area contributed by atoms with Gasteiger partial charge < -0.3 is 4.42 Å². The molecular formula is C22H14BrClN2O4. The van der Waals surface area contributed by atoms with Crippen LogP contribution in [0.3, 0.4) is 0 Å². The summed E-state index contributed by atoms with van der Waals surface area (Å²) >= 11 is 9.50. The van der Waals surface area contributed by atoms with Crippen LogP contribution >= 0.6 is 27.5 Å². The molecule has 3 aromatic rings. The molecule has 4 amide bonds. The molecule has 2 aromatic carbocycles. The summed E-state index contributed by atoms with van der Waals surface area (Å²) in [4.78, 5) is 38.4. The van der Waals surface area contributed by atoms with Gasteiger partial charge >= 0.3 is 6.03 Å². The lowest BCUT2D eigenvalue weighted by Crippen LogP contribution is -2.54. The summed E-state index contributed by atoms with van der Waals surface area (Å²) in [6, 6.07) is 14.8. The minimum absolute atomic E-state index is 0.219. The summed E-state index contributed by atoms with van der Waals surface area (Å²) in [6.07, 6.45) is 1.31. The molecule has 0 bridgehead atoms. The first-order chi connectivity index (χ1) is 14.3. The fourth-order valence-electron chi connectivity index (χ4n) is 2.95. The van der Waals surface area contributed by atoms with E-state index in [1.54, 1.807) is 31.2 Å². The van der Waals surface area contributed by atoms with Gasteiger partial charge in [0.15, 0.2) is 0 Å². The van der Waals surface area contributed by atoms with Crippen molar-refractivity contribution < 1.29 is 18.8 Å². The van der Waals surface area contributed by atoms with E-state index in [0.29, 0.717) is 16.5 Å². The van der Waals surface area contributed by atoms with Gasteiger partial charge in [0.05, 0.1) is 5.69 Å². The molecule has 0 unspecified atom stereocenters. The minimum atomic E-state index is -0.836. The summed E-state index contributed by atoms with van der Waals surface area (Å²) in [5, 5.41) is 2.58. The third-order valence-corrected chi connectivity index (χ3v) is 5.49. The largest absolute Gasteiger partial charge is 0.457 e. The Morgan fingerprint density at radius 2 is 1.77 bits per heavy atom. The Balaban J connectivity index is 1.67. The maximum atomic E-state index is 12.9. The molecular weight excluding hydrogens is 472 g/mol. The third kappa shape index (κ3) is 3.81. The van der Waals surface area contributed by atoms with Gasteiger partial charge in [-0.15, -0.1) is 0 Å². The van der Waals surface area contributed by atoms with Crippen molar-refractivity contribution in [1.29, 1.82) is 0 Å². The van der Waals surface area contributed by atoms with Gasteiger partial charge in [-0.2, -0.15) is 0 Å². The lowest BCUT2D eigenvalue weighted by atomic mass is 10.1. The predicted octanol–water partition coefficient (Wildman–Crippen LogP) is 5.34. The zero-order chi connectivity index (χ0) is 21.4. The van der Waals surface area contributed by atoms with Gasteiger partial charge in [-0.1, -0.05) is 45.7 Å². The molecule has 1 N–H and O–H groups in total. The third-order valence-electron chi connectivity index (χ3n) is 4.56. The second-order valence-corrected chi connectivity index (χ2v) is 7.92. The van der Waals surface area contributed by atoms with Crippen LogP contribution in [-0.2, 0) is 9.59 Å². The van der Waals surface area contributed by atoms with Gasteiger partial charge in [0.1, 0.15) is 17.1 Å². The van der Waals surface area contributed by atoms with Crippen molar-refractivity contribution >= 4 is 57.1 Å². The molecule has 1 aromatic heterocycles. The van der Waals surface area contributed by atoms with E-state index in [9.17, 15) is 14.4 Å². The van der Waals surface area contributed by atoms with E-state index in [-0.39, 0.29) is 11.3 Å². The second kappa shape index (κ2) is 7.93. The number of hydrogen-bond donors (Lipinski definition) is 1. The quantitative estimate of drug-likeness (QED) is 0.401. The average Bonchev–Trinajstić information content (AvgIpc) is 3.17. The molecule has 0 spiro atoms. The van der Waals surface area contributed by atoms with Crippen LogP contribution in [0.5, 0.6) is 0 Å². The number of furan rings is 1. The van der Waals surface area contributed by atoms with E-state index >= 15 is 0 Å².